The zero-order valence-corrected chi connectivity index (χ0v) is 8.48. The van der Waals surface area contributed by atoms with E-state index in [1.807, 2.05) is 0 Å². The highest BCUT2D eigenvalue weighted by Gasteiger charge is 2.07. The van der Waals surface area contributed by atoms with Gasteiger partial charge in [0.05, 0.1) is 10.7 Å². The van der Waals surface area contributed by atoms with E-state index in [2.05, 4.69) is 9.44 Å². The van der Waals surface area contributed by atoms with Gasteiger partial charge in [0.25, 0.3) is 10.2 Å². The van der Waals surface area contributed by atoms with Crippen molar-refractivity contribution in [3.05, 3.63) is 29.3 Å². The topological polar surface area (TPSA) is 58.2 Å². The van der Waals surface area contributed by atoms with Crippen molar-refractivity contribution in [2.24, 2.45) is 0 Å². The van der Waals surface area contributed by atoms with Crippen LogP contribution in [-0.4, -0.2) is 15.5 Å². The van der Waals surface area contributed by atoms with Gasteiger partial charge in [0.15, 0.2) is 0 Å². The first kappa shape index (κ1) is 10.3. The molecule has 1 aromatic rings. The molecule has 0 aliphatic rings. The van der Waals surface area contributed by atoms with Crippen LogP contribution in [-0.2, 0) is 10.2 Å². The number of para-hydroxylation sites is 1. The number of benzene rings is 1. The van der Waals surface area contributed by atoms with E-state index in [4.69, 9.17) is 11.6 Å². The van der Waals surface area contributed by atoms with Crippen LogP contribution in [0.5, 0.6) is 0 Å². The molecule has 72 valence electrons. The lowest BCUT2D eigenvalue weighted by Gasteiger charge is -2.07. The van der Waals surface area contributed by atoms with Crippen LogP contribution >= 0.6 is 11.6 Å². The van der Waals surface area contributed by atoms with E-state index in [0.29, 0.717) is 10.7 Å². The normalized spacial score (nSPS) is 11.2. The second kappa shape index (κ2) is 3.95. The van der Waals surface area contributed by atoms with Crippen molar-refractivity contribution < 1.29 is 8.42 Å². The maximum absolute atomic E-state index is 11.0. The van der Waals surface area contributed by atoms with Gasteiger partial charge in [0.2, 0.25) is 0 Å². The number of halogens is 1. The first-order valence-corrected chi connectivity index (χ1v) is 5.37. The predicted molar refractivity (Wildman–Crippen MR) is 53.1 cm³/mol. The van der Waals surface area contributed by atoms with E-state index in [1.165, 1.54) is 7.05 Å². The molecule has 6 heteroatoms. The molecule has 0 spiro atoms. The third kappa shape index (κ3) is 2.87. The Bertz CT molecular complexity index is 391. The van der Waals surface area contributed by atoms with E-state index in [-0.39, 0.29) is 0 Å². The Kier molecular flexibility index (Phi) is 3.13. The smallest absolute Gasteiger partial charge is 0.270 e. The molecule has 0 aliphatic heterocycles. The van der Waals surface area contributed by atoms with Crippen LogP contribution in [0, 0.1) is 0 Å². The Morgan fingerprint density at radius 1 is 1.31 bits per heavy atom. The molecular formula is C7H9ClN2O2S. The lowest BCUT2D eigenvalue weighted by Crippen LogP contribution is -2.26. The number of nitrogens with one attached hydrogen (secondary N) is 2. The lowest BCUT2D eigenvalue weighted by molar-refractivity contribution is 0.593. The third-order valence-electron chi connectivity index (χ3n) is 1.39. The van der Waals surface area contributed by atoms with Crippen molar-refractivity contribution >= 4 is 27.5 Å². The van der Waals surface area contributed by atoms with Gasteiger partial charge in [-0.3, -0.25) is 4.72 Å². The maximum Gasteiger partial charge on any atom is 0.298 e. The fourth-order valence-electron chi connectivity index (χ4n) is 0.740. The standard InChI is InChI=1S/C7H9ClN2O2S/c1-9-13(11,12)10-7-5-3-2-4-6(7)8/h2-5,9-10H,1H3. The van der Waals surface area contributed by atoms with Gasteiger partial charge >= 0.3 is 0 Å². The van der Waals surface area contributed by atoms with Crippen LogP contribution in [0.15, 0.2) is 24.3 Å². The molecule has 0 saturated heterocycles. The lowest BCUT2D eigenvalue weighted by atomic mass is 10.3. The van der Waals surface area contributed by atoms with E-state index < -0.39 is 10.2 Å². The van der Waals surface area contributed by atoms with E-state index >= 15 is 0 Å². The number of rotatable bonds is 3. The summed E-state index contributed by atoms with van der Waals surface area (Å²) in [6.45, 7) is 0. The predicted octanol–water partition coefficient (Wildman–Crippen LogP) is 1.22. The minimum atomic E-state index is -3.48. The third-order valence-corrected chi connectivity index (χ3v) is 2.74. The summed E-state index contributed by atoms with van der Waals surface area (Å²) in [6, 6.07) is 6.60. The van der Waals surface area contributed by atoms with Crippen LogP contribution in [0.2, 0.25) is 5.02 Å². The van der Waals surface area contributed by atoms with Crippen molar-refractivity contribution in [2.45, 2.75) is 0 Å². The fraction of sp³-hybridized carbons (Fsp3) is 0.143. The van der Waals surface area contributed by atoms with Gasteiger partial charge in [0.1, 0.15) is 0 Å². The van der Waals surface area contributed by atoms with Crippen LogP contribution < -0.4 is 9.44 Å². The van der Waals surface area contributed by atoms with Crippen LogP contribution in [0.25, 0.3) is 0 Å². The molecule has 0 bridgehead atoms. The largest absolute Gasteiger partial charge is 0.298 e. The SMILES string of the molecule is CNS(=O)(=O)Nc1ccccc1Cl. The Balaban J connectivity index is 2.93. The van der Waals surface area contributed by atoms with Gasteiger partial charge in [0, 0.05) is 7.05 Å². The summed E-state index contributed by atoms with van der Waals surface area (Å²) in [7, 11) is -2.16. The molecule has 0 heterocycles. The Hall–Kier alpha value is -0.780. The van der Waals surface area contributed by atoms with Crippen molar-refractivity contribution in [1.29, 1.82) is 0 Å². The summed E-state index contributed by atoms with van der Waals surface area (Å²) in [4.78, 5) is 0. The number of hydrogen-bond acceptors (Lipinski definition) is 2. The zero-order valence-electron chi connectivity index (χ0n) is 6.91. The molecule has 0 radical (unpaired) electrons. The van der Waals surface area contributed by atoms with E-state index in [9.17, 15) is 8.42 Å². The van der Waals surface area contributed by atoms with Crippen LogP contribution in [0.1, 0.15) is 0 Å². The van der Waals surface area contributed by atoms with Crippen molar-refractivity contribution in [2.75, 3.05) is 11.8 Å². The Morgan fingerprint density at radius 2 is 1.92 bits per heavy atom. The highest BCUT2D eigenvalue weighted by atomic mass is 35.5. The molecule has 1 aromatic carbocycles. The van der Waals surface area contributed by atoms with Gasteiger partial charge in [-0.05, 0) is 12.1 Å². The first-order valence-electron chi connectivity index (χ1n) is 3.51. The molecule has 0 saturated carbocycles. The summed E-state index contributed by atoms with van der Waals surface area (Å²) in [5.41, 5.74) is 0.360. The first-order chi connectivity index (χ1) is 6.05. The zero-order chi connectivity index (χ0) is 9.90. The molecule has 0 unspecified atom stereocenters. The van der Waals surface area contributed by atoms with Gasteiger partial charge < -0.3 is 0 Å². The highest BCUT2D eigenvalue weighted by molar-refractivity contribution is 7.90. The molecule has 13 heavy (non-hydrogen) atoms. The van der Waals surface area contributed by atoms with Crippen LogP contribution in [0.4, 0.5) is 5.69 Å². The minimum Gasteiger partial charge on any atom is -0.270 e. The van der Waals surface area contributed by atoms with E-state index in [0.717, 1.165) is 0 Å². The summed E-state index contributed by atoms with van der Waals surface area (Å²) in [5.74, 6) is 0. The van der Waals surface area contributed by atoms with Crippen molar-refractivity contribution in [1.82, 2.24) is 4.72 Å². The van der Waals surface area contributed by atoms with E-state index in [1.54, 1.807) is 24.3 Å². The van der Waals surface area contributed by atoms with Gasteiger partial charge in [-0.1, -0.05) is 23.7 Å². The minimum absolute atomic E-state index is 0.360. The molecule has 0 aliphatic carbocycles. The molecule has 0 atom stereocenters. The molecule has 0 amide bonds. The summed E-state index contributed by atoms with van der Waals surface area (Å²) in [6.07, 6.45) is 0. The average molecular weight is 221 g/mol. The quantitative estimate of drug-likeness (QED) is 0.805. The fourth-order valence-corrected chi connectivity index (χ4v) is 1.55. The molecule has 2 N–H and O–H groups in total. The van der Waals surface area contributed by atoms with Gasteiger partial charge in [-0.2, -0.15) is 8.42 Å². The molecule has 0 fully saturated rings. The monoisotopic (exact) mass is 220 g/mol. The van der Waals surface area contributed by atoms with Crippen LogP contribution in [0.3, 0.4) is 0 Å². The molecule has 4 nitrogen and oxygen atoms in total. The summed E-state index contributed by atoms with van der Waals surface area (Å²) in [5, 5.41) is 0.362. The van der Waals surface area contributed by atoms with Gasteiger partial charge in [-0.15, -0.1) is 0 Å². The Labute approximate surface area is 82.1 Å². The second-order valence-corrected chi connectivity index (χ2v) is 4.32. The van der Waals surface area contributed by atoms with Crippen molar-refractivity contribution in [3.8, 4) is 0 Å². The average Bonchev–Trinajstić information content (AvgIpc) is 2.09. The number of hydrogen-bond donors (Lipinski definition) is 2. The van der Waals surface area contributed by atoms with Crippen molar-refractivity contribution in [3.63, 3.8) is 0 Å². The highest BCUT2D eigenvalue weighted by Crippen LogP contribution is 2.20. The van der Waals surface area contributed by atoms with Gasteiger partial charge in [-0.25, -0.2) is 4.72 Å². The molecular weight excluding hydrogens is 212 g/mol. The summed E-state index contributed by atoms with van der Waals surface area (Å²) >= 11 is 5.73. The molecule has 0 aromatic heterocycles. The maximum atomic E-state index is 11.0. The molecule has 1 rings (SSSR count). The number of anilines is 1. The Morgan fingerprint density at radius 3 is 2.46 bits per heavy atom. The second-order valence-electron chi connectivity index (χ2n) is 2.29. The summed E-state index contributed by atoms with van der Waals surface area (Å²) < 4.78 is 26.5.